The summed E-state index contributed by atoms with van der Waals surface area (Å²) in [6, 6.07) is 14.1. The van der Waals surface area contributed by atoms with E-state index in [9.17, 15) is 14.4 Å². The van der Waals surface area contributed by atoms with Crippen molar-refractivity contribution in [3.8, 4) is 0 Å². The fourth-order valence-electron chi connectivity index (χ4n) is 3.80. The Bertz CT molecular complexity index is 1020. The van der Waals surface area contributed by atoms with Crippen molar-refractivity contribution in [3.63, 3.8) is 0 Å². The van der Waals surface area contributed by atoms with Gasteiger partial charge in [0.05, 0.1) is 0 Å². The van der Waals surface area contributed by atoms with Crippen molar-refractivity contribution in [2.45, 2.75) is 79.0 Å². The Morgan fingerprint density at radius 1 is 0.914 bits per heavy atom. The molecule has 0 saturated carbocycles. The highest BCUT2D eigenvalue weighted by Gasteiger charge is 2.40. The SMILES string of the molecule is CCC(C)(C)N(C(=O)CNC(=O)OC(C)(C)C)C(C(=O)Nc1c(C)cccc1C)c1ccccc1. The third-order valence-corrected chi connectivity index (χ3v) is 5.92. The largest absolute Gasteiger partial charge is 0.444 e. The summed E-state index contributed by atoms with van der Waals surface area (Å²) in [7, 11) is 0. The molecule has 1 unspecified atom stereocenters. The zero-order valence-electron chi connectivity index (χ0n) is 22.2. The third kappa shape index (κ3) is 7.57. The van der Waals surface area contributed by atoms with Crippen molar-refractivity contribution >= 4 is 23.6 Å². The summed E-state index contributed by atoms with van der Waals surface area (Å²) in [5, 5.41) is 5.60. The summed E-state index contributed by atoms with van der Waals surface area (Å²) >= 11 is 0. The first-order chi connectivity index (χ1) is 16.3. The van der Waals surface area contributed by atoms with Crippen LogP contribution in [0.3, 0.4) is 0 Å². The van der Waals surface area contributed by atoms with Crippen LogP contribution in [0.2, 0.25) is 0 Å². The molecule has 0 fully saturated rings. The van der Waals surface area contributed by atoms with E-state index in [1.54, 1.807) is 25.7 Å². The Hall–Kier alpha value is -3.35. The Labute approximate surface area is 209 Å². The molecule has 2 aromatic rings. The number of nitrogens with zero attached hydrogens (tertiary/aromatic N) is 1. The number of carbonyl (C=O) groups excluding carboxylic acids is 3. The van der Waals surface area contributed by atoms with Crippen LogP contribution in [0.1, 0.15) is 70.7 Å². The van der Waals surface area contributed by atoms with Gasteiger partial charge >= 0.3 is 6.09 Å². The first-order valence-corrected chi connectivity index (χ1v) is 12.0. The molecule has 0 aliphatic rings. The molecule has 0 radical (unpaired) electrons. The Kier molecular flexibility index (Phi) is 9.07. The van der Waals surface area contributed by atoms with Crippen LogP contribution in [0.4, 0.5) is 10.5 Å². The summed E-state index contributed by atoms with van der Waals surface area (Å²) in [6.07, 6.45) is -0.0816. The minimum absolute atomic E-state index is 0.293. The fourth-order valence-corrected chi connectivity index (χ4v) is 3.80. The predicted octanol–water partition coefficient (Wildman–Crippen LogP) is 5.53. The van der Waals surface area contributed by atoms with Crippen LogP contribution in [0.25, 0.3) is 0 Å². The first-order valence-electron chi connectivity index (χ1n) is 12.0. The van der Waals surface area contributed by atoms with E-state index in [4.69, 9.17) is 4.74 Å². The number of hydrogen-bond donors (Lipinski definition) is 2. The van der Waals surface area contributed by atoms with Crippen LogP contribution in [-0.2, 0) is 14.3 Å². The maximum Gasteiger partial charge on any atom is 0.408 e. The number of rotatable bonds is 8. The normalized spacial score (nSPS) is 12.5. The summed E-state index contributed by atoms with van der Waals surface area (Å²) in [5.74, 6) is -0.700. The standard InChI is InChI=1S/C28H39N3O4/c1-9-28(7,8)31(22(32)18-29-26(34)35-27(4,5)6)24(21-16-11-10-12-17-21)25(33)30-23-19(2)14-13-15-20(23)3/h10-17,24H,9,18H2,1-8H3,(H,29,34)(H,30,33). The molecule has 7 nitrogen and oxygen atoms in total. The number of anilines is 1. The maximum atomic E-state index is 13.8. The smallest absolute Gasteiger partial charge is 0.408 e. The lowest BCUT2D eigenvalue weighted by Crippen LogP contribution is -2.55. The van der Waals surface area contributed by atoms with Gasteiger partial charge in [-0.15, -0.1) is 0 Å². The lowest BCUT2D eigenvalue weighted by Gasteiger charge is -2.43. The Balaban J connectivity index is 2.46. The molecule has 2 rings (SSSR count). The zero-order chi connectivity index (χ0) is 26.4. The summed E-state index contributed by atoms with van der Waals surface area (Å²) in [5.41, 5.74) is 1.92. The summed E-state index contributed by atoms with van der Waals surface area (Å²) in [6.45, 7) is 14.6. The number of amides is 3. The molecule has 3 amide bonds. The second-order valence-corrected chi connectivity index (χ2v) is 10.4. The minimum Gasteiger partial charge on any atom is -0.444 e. The van der Waals surface area contributed by atoms with E-state index in [1.165, 1.54) is 0 Å². The third-order valence-electron chi connectivity index (χ3n) is 5.92. The molecule has 0 aromatic heterocycles. The van der Waals surface area contributed by atoms with Crippen molar-refractivity contribution in [1.29, 1.82) is 0 Å². The molecule has 0 saturated heterocycles. The molecule has 2 N–H and O–H groups in total. The first kappa shape index (κ1) is 27.9. The van der Waals surface area contributed by atoms with Crippen LogP contribution < -0.4 is 10.6 Å². The average Bonchev–Trinajstić information content (AvgIpc) is 2.77. The quantitative estimate of drug-likeness (QED) is 0.519. The van der Waals surface area contributed by atoms with Gasteiger partial charge in [-0.2, -0.15) is 0 Å². The number of nitrogens with one attached hydrogen (secondary N) is 2. The molecule has 0 bridgehead atoms. The highest BCUT2D eigenvalue weighted by atomic mass is 16.6. The van der Waals surface area contributed by atoms with Gasteiger partial charge in [0.2, 0.25) is 5.91 Å². The number of carbonyl (C=O) groups is 3. The zero-order valence-corrected chi connectivity index (χ0v) is 22.2. The van der Waals surface area contributed by atoms with Gasteiger partial charge < -0.3 is 20.3 Å². The van der Waals surface area contributed by atoms with Crippen LogP contribution >= 0.6 is 0 Å². The van der Waals surface area contributed by atoms with Crippen LogP contribution in [0.5, 0.6) is 0 Å². The molecular formula is C28H39N3O4. The highest BCUT2D eigenvalue weighted by molar-refractivity contribution is 5.99. The maximum absolute atomic E-state index is 13.8. The van der Waals surface area contributed by atoms with Gasteiger partial charge in [-0.3, -0.25) is 9.59 Å². The minimum atomic E-state index is -0.905. The molecule has 2 aromatic carbocycles. The van der Waals surface area contributed by atoms with Crippen LogP contribution in [-0.4, -0.2) is 40.5 Å². The van der Waals surface area contributed by atoms with Crippen molar-refractivity contribution < 1.29 is 19.1 Å². The molecule has 0 heterocycles. The number of alkyl carbamates (subject to hydrolysis) is 1. The molecular weight excluding hydrogens is 442 g/mol. The Morgan fingerprint density at radius 3 is 2.00 bits per heavy atom. The van der Waals surface area contributed by atoms with Gasteiger partial charge in [0, 0.05) is 11.2 Å². The van der Waals surface area contributed by atoms with Crippen LogP contribution in [0.15, 0.2) is 48.5 Å². The molecule has 1 atom stereocenters. The fraction of sp³-hybridized carbons (Fsp3) is 0.464. The monoisotopic (exact) mass is 481 g/mol. The summed E-state index contributed by atoms with van der Waals surface area (Å²) < 4.78 is 5.28. The molecule has 0 spiro atoms. The van der Waals surface area contributed by atoms with E-state index in [-0.39, 0.29) is 18.4 Å². The van der Waals surface area contributed by atoms with Gasteiger partial charge in [0.25, 0.3) is 5.91 Å². The molecule has 190 valence electrons. The second-order valence-electron chi connectivity index (χ2n) is 10.4. The van der Waals surface area contributed by atoms with Crippen molar-refractivity contribution in [2.75, 3.05) is 11.9 Å². The van der Waals surface area contributed by atoms with Gasteiger partial charge in [-0.1, -0.05) is 55.5 Å². The predicted molar refractivity (Wildman–Crippen MR) is 139 cm³/mol. The number of aryl methyl sites for hydroxylation is 2. The lowest BCUT2D eigenvalue weighted by atomic mass is 9.92. The number of benzene rings is 2. The van der Waals surface area contributed by atoms with Crippen molar-refractivity contribution in [1.82, 2.24) is 10.2 Å². The summed E-state index contributed by atoms with van der Waals surface area (Å²) in [4.78, 5) is 41.2. The molecule has 0 aliphatic carbocycles. The highest BCUT2D eigenvalue weighted by Crippen LogP contribution is 2.33. The molecule has 35 heavy (non-hydrogen) atoms. The van der Waals surface area contributed by atoms with E-state index >= 15 is 0 Å². The van der Waals surface area contributed by atoms with Crippen molar-refractivity contribution in [2.24, 2.45) is 0 Å². The van der Waals surface area contributed by atoms with Crippen molar-refractivity contribution in [3.05, 3.63) is 65.2 Å². The topological polar surface area (TPSA) is 87.7 Å². The van der Waals surface area contributed by atoms with E-state index in [0.29, 0.717) is 12.0 Å². The second kappa shape index (κ2) is 11.4. The van der Waals surface area contributed by atoms with Gasteiger partial charge in [-0.25, -0.2) is 4.79 Å². The van der Waals surface area contributed by atoms with Gasteiger partial charge in [0.1, 0.15) is 18.2 Å². The lowest BCUT2D eigenvalue weighted by molar-refractivity contribution is -0.145. The average molecular weight is 482 g/mol. The number of ether oxygens (including phenoxy) is 1. The number of hydrogen-bond acceptors (Lipinski definition) is 4. The van der Waals surface area contributed by atoms with E-state index < -0.39 is 23.3 Å². The molecule has 7 heteroatoms. The van der Waals surface area contributed by atoms with Crippen LogP contribution in [0, 0.1) is 13.8 Å². The van der Waals surface area contributed by atoms with E-state index in [0.717, 1.165) is 16.8 Å². The van der Waals surface area contributed by atoms with Gasteiger partial charge in [-0.05, 0) is 71.6 Å². The number of para-hydroxylation sites is 1. The van der Waals surface area contributed by atoms with Gasteiger partial charge in [0.15, 0.2) is 0 Å². The molecule has 0 aliphatic heterocycles. The van der Waals surface area contributed by atoms with E-state index in [2.05, 4.69) is 10.6 Å². The van der Waals surface area contributed by atoms with E-state index in [1.807, 2.05) is 83.1 Å². The Morgan fingerprint density at radius 2 is 1.49 bits per heavy atom.